The van der Waals surface area contributed by atoms with Crippen LogP contribution in [0, 0.1) is 0 Å². The molecule has 0 spiro atoms. The maximum Gasteiger partial charge on any atom is 0.253 e. The van der Waals surface area contributed by atoms with Gasteiger partial charge in [0.2, 0.25) is 0 Å². The van der Waals surface area contributed by atoms with E-state index in [4.69, 9.17) is 17.4 Å². The predicted molar refractivity (Wildman–Crippen MR) is 89.3 cm³/mol. The van der Waals surface area contributed by atoms with Gasteiger partial charge >= 0.3 is 0 Å². The lowest BCUT2D eigenvalue weighted by Gasteiger charge is -2.16. The number of hydrogen-bond donors (Lipinski definition) is 3. The molecule has 0 saturated heterocycles. The normalized spacial score (nSPS) is 11.8. The number of nitrogens with two attached hydrogens (primary N) is 1. The maximum absolute atomic E-state index is 12.4. The molecule has 0 aliphatic heterocycles. The lowest BCUT2D eigenvalue weighted by molar-refractivity contribution is 0.0940. The fraction of sp³-hybridized carbons (Fsp3) is 0.133. The average Bonchev–Trinajstić information content (AvgIpc) is 2.47. The lowest BCUT2D eigenvalue weighted by atomic mass is 10.1. The van der Waals surface area contributed by atoms with Crippen LogP contribution in [0.15, 0.2) is 46.9 Å². The summed E-state index contributed by atoms with van der Waals surface area (Å²) in [4.78, 5) is 12.4. The highest BCUT2D eigenvalue weighted by atomic mass is 79.9. The third-order valence-corrected chi connectivity index (χ3v) is 3.81. The third-order valence-electron chi connectivity index (χ3n) is 3.08. The van der Waals surface area contributed by atoms with Crippen molar-refractivity contribution >= 4 is 39.1 Å². The van der Waals surface area contributed by atoms with Crippen molar-refractivity contribution in [3.05, 3.63) is 63.1 Å². The van der Waals surface area contributed by atoms with Crippen LogP contribution in [0.4, 0.5) is 5.69 Å². The molecular weight excluding hydrogens is 354 g/mol. The van der Waals surface area contributed by atoms with E-state index in [0.717, 1.165) is 10.0 Å². The van der Waals surface area contributed by atoms with Crippen LogP contribution < -0.4 is 16.6 Å². The SMILES string of the molecule is CC(NC(=O)c1cc(Cl)ccc1NN)c1cccc(Br)c1. The van der Waals surface area contributed by atoms with Gasteiger partial charge in [-0.1, -0.05) is 39.7 Å². The molecule has 0 bridgehead atoms. The van der Waals surface area contributed by atoms with Crippen LogP contribution in [0.5, 0.6) is 0 Å². The number of hydrazine groups is 1. The second kappa shape index (κ2) is 6.93. The van der Waals surface area contributed by atoms with E-state index >= 15 is 0 Å². The quantitative estimate of drug-likeness (QED) is 0.567. The number of halogens is 2. The number of amides is 1. The highest BCUT2D eigenvalue weighted by molar-refractivity contribution is 9.10. The highest BCUT2D eigenvalue weighted by Gasteiger charge is 2.15. The Hall–Kier alpha value is -1.56. The molecule has 0 aromatic heterocycles. The van der Waals surface area contributed by atoms with Crippen LogP contribution in [-0.2, 0) is 0 Å². The van der Waals surface area contributed by atoms with E-state index in [1.54, 1.807) is 18.2 Å². The topological polar surface area (TPSA) is 67.2 Å². The second-order valence-corrected chi connectivity index (χ2v) is 5.94. The summed E-state index contributed by atoms with van der Waals surface area (Å²) in [5.41, 5.74) is 4.44. The minimum Gasteiger partial charge on any atom is -0.345 e. The molecule has 6 heteroatoms. The second-order valence-electron chi connectivity index (χ2n) is 4.58. The van der Waals surface area contributed by atoms with Crippen molar-refractivity contribution in [3.63, 3.8) is 0 Å². The van der Waals surface area contributed by atoms with Crippen molar-refractivity contribution in [2.45, 2.75) is 13.0 Å². The fourth-order valence-electron chi connectivity index (χ4n) is 1.96. The molecule has 4 N–H and O–H groups in total. The third kappa shape index (κ3) is 3.97. The minimum atomic E-state index is -0.238. The van der Waals surface area contributed by atoms with Crippen LogP contribution in [0.2, 0.25) is 5.02 Å². The molecule has 0 aliphatic rings. The van der Waals surface area contributed by atoms with Crippen molar-refractivity contribution in [1.82, 2.24) is 5.32 Å². The molecule has 2 aromatic rings. The number of nitrogen functional groups attached to an aromatic ring is 1. The van der Waals surface area contributed by atoms with Crippen molar-refractivity contribution in [1.29, 1.82) is 0 Å². The van der Waals surface area contributed by atoms with Crippen LogP contribution in [0.1, 0.15) is 28.9 Å². The monoisotopic (exact) mass is 367 g/mol. The summed E-state index contributed by atoms with van der Waals surface area (Å²) in [7, 11) is 0. The van der Waals surface area contributed by atoms with Gasteiger partial charge in [-0.3, -0.25) is 10.6 Å². The van der Waals surface area contributed by atoms with Gasteiger partial charge in [0.1, 0.15) is 0 Å². The summed E-state index contributed by atoms with van der Waals surface area (Å²) in [6.45, 7) is 1.92. The first-order chi connectivity index (χ1) is 10.0. The van der Waals surface area contributed by atoms with Crippen LogP contribution in [0.3, 0.4) is 0 Å². The molecule has 0 heterocycles. The molecular formula is C15H15BrClN3O. The molecule has 4 nitrogen and oxygen atoms in total. The maximum atomic E-state index is 12.4. The molecule has 1 atom stereocenters. The fourth-order valence-corrected chi connectivity index (χ4v) is 2.55. The van der Waals surface area contributed by atoms with E-state index < -0.39 is 0 Å². The molecule has 0 radical (unpaired) electrons. The van der Waals surface area contributed by atoms with E-state index in [2.05, 4.69) is 26.7 Å². The Kier molecular flexibility index (Phi) is 5.22. The van der Waals surface area contributed by atoms with Gasteiger partial charge in [0.05, 0.1) is 17.3 Å². The van der Waals surface area contributed by atoms with Gasteiger partial charge in [0.15, 0.2) is 0 Å². The Labute approximate surface area is 136 Å². The van der Waals surface area contributed by atoms with Gasteiger partial charge in [-0.2, -0.15) is 0 Å². The van der Waals surface area contributed by atoms with E-state index in [9.17, 15) is 4.79 Å². The van der Waals surface area contributed by atoms with Crippen molar-refractivity contribution in [2.24, 2.45) is 5.84 Å². The van der Waals surface area contributed by atoms with Crippen molar-refractivity contribution < 1.29 is 4.79 Å². The molecule has 0 saturated carbocycles. The number of anilines is 1. The van der Waals surface area contributed by atoms with Crippen molar-refractivity contribution in [3.8, 4) is 0 Å². The molecule has 110 valence electrons. The first-order valence-electron chi connectivity index (χ1n) is 6.33. The Bertz CT molecular complexity index is 663. The number of carbonyl (C=O) groups excluding carboxylic acids is 1. The number of hydrogen-bond acceptors (Lipinski definition) is 3. The van der Waals surface area contributed by atoms with Gasteiger partial charge < -0.3 is 10.7 Å². The van der Waals surface area contributed by atoms with E-state index in [-0.39, 0.29) is 11.9 Å². The van der Waals surface area contributed by atoms with Gasteiger partial charge in [0, 0.05) is 9.50 Å². The molecule has 1 amide bonds. The van der Waals surface area contributed by atoms with Gasteiger partial charge in [-0.05, 0) is 42.8 Å². The van der Waals surface area contributed by atoms with Gasteiger partial charge in [0.25, 0.3) is 5.91 Å². The number of nitrogens with one attached hydrogen (secondary N) is 2. The summed E-state index contributed by atoms with van der Waals surface area (Å²) >= 11 is 9.35. The van der Waals surface area contributed by atoms with Crippen molar-refractivity contribution in [2.75, 3.05) is 5.43 Å². The van der Waals surface area contributed by atoms with E-state index in [0.29, 0.717) is 16.3 Å². The predicted octanol–water partition coefficient (Wildman–Crippen LogP) is 3.88. The number of carbonyl (C=O) groups is 1. The van der Waals surface area contributed by atoms with Gasteiger partial charge in [-0.15, -0.1) is 0 Å². The Morgan fingerprint density at radius 3 is 2.71 bits per heavy atom. The number of benzene rings is 2. The Morgan fingerprint density at radius 2 is 2.05 bits per heavy atom. The van der Waals surface area contributed by atoms with Crippen LogP contribution >= 0.6 is 27.5 Å². The first kappa shape index (κ1) is 15.8. The molecule has 2 aromatic carbocycles. The zero-order valence-corrected chi connectivity index (χ0v) is 13.7. The zero-order chi connectivity index (χ0) is 15.4. The van der Waals surface area contributed by atoms with E-state index in [1.807, 2.05) is 31.2 Å². The summed E-state index contributed by atoms with van der Waals surface area (Å²) in [6, 6.07) is 12.6. The van der Waals surface area contributed by atoms with E-state index in [1.165, 1.54) is 0 Å². The largest absolute Gasteiger partial charge is 0.345 e. The van der Waals surface area contributed by atoms with Crippen LogP contribution in [0.25, 0.3) is 0 Å². The molecule has 0 fully saturated rings. The Balaban J connectivity index is 2.20. The smallest absolute Gasteiger partial charge is 0.253 e. The summed E-state index contributed by atoms with van der Waals surface area (Å²) in [6.07, 6.45) is 0. The van der Waals surface area contributed by atoms with Gasteiger partial charge in [-0.25, -0.2) is 0 Å². The molecule has 21 heavy (non-hydrogen) atoms. The summed E-state index contributed by atoms with van der Waals surface area (Å²) in [5.74, 6) is 5.18. The highest BCUT2D eigenvalue weighted by Crippen LogP contribution is 2.22. The average molecular weight is 369 g/mol. The Morgan fingerprint density at radius 1 is 1.29 bits per heavy atom. The lowest BCUT2D eigenvalue weighted by Crippen LogP contribution is -2.28. The summed E-state index contributed by atoms with van der Waals surface area (Å²) in [5, 5.41) is 3.41. The molecule has 1 unspecified atom stereocenters. The summed E-state index contributed by atoms with van der Waals surface area (Å²) < 4.78 is 0.966. The number of rotatable bonds is 4. The zero-order valence-electron chi connectivity index (χ0n) is 11.4. The molecule has 0 aliphatic carbocycles. The molecule has 2 rings (SSSR count). The van der Waals surface area contributed by atoms with Crippen LogP contribution in [-0.4, -0.2) is 5.91 Å². The standard InChI is InChI=1S/C15H15BrClN3O/c1-9(10-3-2-4-11(16)7-10)19-15(21)13-8-12(17)5-6-14(13)20-18/h2-9,20H,18H2,1H3,(H,19,21). The first-order valence-corrected chi connectivity index (χ1v) is 7.51. The minimum absolute atomic E-state index is 0.139.